The third-order valence-electron chi connectivity index (χ3n) is 4.56. The first-order valence-corrected chi connectivity index (χ1v) is 8.05. The van der Waals surface area contributed by atoms with Gasteiger partial charge in [0.05, 0.1) is 12.8 Å². The van der Waals surface area contributed by atoms with Crippen LogP contribution in [0.5, 0.6) is 5.75 Å². The molecule has 1 aromatic carbocycles. The fraction of sp³-hybridized carbons (Fsp3) is 0.444. The Hall–Kier alpha value is -2.30. The number of methoxy groups -OCH3 is 1. The maximum Gasteiger partial charge on any atom is 0.217 e. The number of nitrogens with zero attached hydrogens (tertiary/aromatic N) is 2. The molecular weight excluding hydrogens is 290 g/mol. The van der Waals surface area contributed by atoms with Gasteiger partial charge in [0.1, 0.15) is 11.3 Å². The van der Waals surface area contributed by atoms with Crippen molar-refractivity contribution in [3.05, 3.63) is 30.0 Å². The first kappa shape index (κ1) is 15.6. The summed E-state index contributed by atoms with van der Waals surface area (Å²) in [5, 5.41) is 1.10. The Bertz CT molecular complexity index is 730. The van der Waals surface area contributed by atoms with Crippen molar-refractivity contribution >= 4 is 22.5 Å². The van der Waals surface area contributed by atoms with Crippen LogP contribution in [0.25, 0.3) is 10.9 Å². The number of piperidine rings is 1. The number of nitrogens with two attached hydrogens (primary N) is 1. The summed E-state index contributed by atoms with van der Waals surface area (Å²) in [6, 6.07) is 6.02. The zero-order valence-corrected chi connectivity index (χ0v) is 13.7. The van der Waals surface area contributed by atoms with Gasteiger partial charge < -0.3 is 15.4 Å². The number of carbonyl (C=O) groups is 1. The van der Waals surface area contributed by atoms with Gasteiger partial charge in [0.25, 0.3) is 0 Å². The van der Waals surface area contributed by atoms with E-state index in [-0.39, 0.29) is 5.91 Å². The minimum absolute atomic E-state index is 0.213. The lowest BCUT2D eigenvalue weighted by atomic mass is 9.93. The highest BCUT2D eigenvalue weighted by Gasteiger charge is 2.24. The molecule has 0 aliphatic carbocycles. The Kier molecular flexibility index (Phi) is 4.37. The number of anilines is 1. The highest BCUT2D eigenvalue weighted by atomic mass is 16.5. The van der Waals surface area contributed by atoms with E-state index in [0.717, 1.165) is 48.1 Å². The summed E-state index contributed by atoms with van der Waals surface area (Å²) in [6.07, 6.45) is 4.50. The number of benzene rings is 1. The van der Waals surface area contributed by atoms with Gasteiger partial charge in [-0.1, -0.05) is 12.1 Å². The summed E-state index contributed by atoms with van der Waals surface area (Å²) >= 11 is 0. The van der Waals surface area contributed by atoms with Gasteiger partial charge in [0.2, 0.25) is 5.91 Å². The molecule has 0 radical (unpaired) electrons. The molecule has 2 heterocycles. The Morgan fingerprint density at radius 1 is 1.48 bits per heavy atom. The van der Waals surface area contributed by atoms with Crippen LogP contribution in [0.1, 0.15) is 24.8 Å². The summed E-state index contributed by atoms with van der Waals surface area (Å²) in [4.78, 5) is 18.2. The second-order valence-corrected chi connectivity index (χ2v) is 6.27. The molecule has 1 atom stereocenters. The van der Waals surface area contributed by atoms with E-state index in [1.165, 1.54) is 5.69 Å². The van der Waals surface area contributed by atoms with E-state index < -0.39 is 0 Å². The number of hydrogen-bond acceptors (Lipinski definition) is 4. The molecule has 1 aliphatic rings. The Morgan fingerprint density at radius 2 is 2.30 bits per heavy atom. The second kappa shape index (κ2) is 6.44. The van der Waals surface area contributed by atoms with E-state index in [0.29, 0.717) is 12.3 Å². The SMILES string of the molecule is COc1cccc2c(N3CCC[C@H](CC(N)=O)C3)c(C)cnc12. The van der Waals surface area contributed by atoms with Crippen LogP contribution in [0.15, 0.2) is 24.4 Å². The van der Waals surface area contributed by atoms with Crippen LogP contribution in [0.4, 0.5) is 5.69 Å². The van der Waals surface area contributed by atoms with Crippen molar-refractivity contribution in [1.29, 1.82) is 0 Å². The highest BCUT2D eigenvalue weighted by Crippen LogP contribution is 2.36. The number of carbonyl (C=O) groups excluding carboxylic acids is 1. The van der Waals surface area contributed by atoms with Gasteiger partial charge in [0, 0.05) is 31.1 Å². The monoisotopic (exact) mass is 313 g/mol. The van der Waals surface area contributed by atoms with Gasteiger partial charge in [0.15, 0.2) is 0 Å². The number of pyridine rings is 1. The van der Waals surface area contributed by atoms with Gasteiger partial charge in [-0.05, 0) is 37.3 Å². The predicted molar refractivity (Wildman–Crippen MR) is 91.8 cm³/mol. The number of para-hydroxylation sites is 1. The molecule has 1 amide bonds. The van der Waals surface area contributed by atoms with E-state index in [1.807, 2.05) is 18.3 Å². The maximum absolute atomic E-state index is 11.3. The molecular formula is C18H23N3O2. The summed E-state index contributed by atoms with van der Waals surface area (Å²) in [5.74, 6) is 0.902. The molecule has 2 aromatic rings. The van der Waals surface area contributed by atoms with E-state index in [1.54, 1.807) is 7.11 Å². The molecule has 23 heavy (non-hydrogen) atoms. The van der Waals surface area contributed by atoms with Gasteiger partial charge in [-0.3, -0.25) is 9.78 Å². The van der Waals surface area contributed by atoms with Crippen molar-refractivity contribution in [2.75, 3.05) is 25.1 Å². The molecule has 3 rings (SSSR count). The van der Waals surface area contributed by atoms with Crippen LogP contribution in [0.2, 0.25) is 0 Å². The second-order valence-electron chi connectivity index (χ2n) is 6.27. The van der Waals surface area contributed by atoms with Crippen molar-refractivity contribution in [2.24, 2.45) is 11.7 Å². The van der Waals surface area contributed by atoms with Gasteiger partial charge >= 0.3 is 0 Å². The van der Waals surface area contributed by atoms with E-state index in [4.69, 9.17) is 10.5 Å². The van der Waals surface area contributed by atoms with Crippen LogP contribution in [-0.4, -0.2) is 31.1 Å². The Morgan fingerprint density at radius 3 is 3.04 bits per heavy atom. The molecule has 5 nitrogen and oxygen atoms in total. The fourth-order valence-corrected chi connectivity index (χ4v) is 3.59. The average molecular weight is 313 g/mol. The summed E-state index contributed by atoms with van der Waals surface area (Å²) in [7, 11) is 1.67. The normalized spacial score (nSPS) is 18.2. The number of aryl methyl sites for hydroxylation is 1. The zero-order chi connectivity index (χ0) is 16.4. The third-order valence-corrected chi connectivity index (χ3v) is 4.56. The van der Waals surface area contributed by atoms with Crippen molar-refractivity contribution in [3.8, 4) is 5.75 Å². The lowest BCUT2D eigenvalue weighted by molar-refractivity contribution is -0.118. The lowest BCUT2D eigenvalue weighted by Crippen LogP contribution is -2.37. The maximum atomic E-state index is 11.3. The first-order chi connectivity index (χ1) is 11.1. The van der Waals surface area contributed by atoms with Gasteiger partial charge in [-0.15, -0.1) is 0 Å². The van der Waals surface area contributed by atoms with Crippen LogP contribution >= 0.6 is 0 Å². The molecule has 0 bridgehead atoms. The largest absolute Gasteiger partial charge is 0.494 e. The first-order valence-electron chi connectivity index (χ1n) is 8.05. The van der Waals surface area contributed by atoms with Gasteiger partial charge in [-0.2, -0.15) is 0 Å². The van der Waals surface area contributed by atoms with E-state index in [2.05, 4.69) is 22.9 Å². The standard InChI is InChI=1S/C18H23N3O2/c1-12-10-20-17-14(6-3-7-15(17)23-2)18(12)21-8-4-5-13(11-21)9-16(19)22/h3,6-7,10,13H,4-5,8-9,11H2,1-2H3,(H2,19,22)/t13-/m1/s1. The molecule has 122 valence electrons. The van der Waals surface area contributed by atoms with Crippen molar-refractivity contribution in [3.63, 3.8) is 0 Å². The smallest absolute Gasteiger partial charge is 0.217 e. The number of amides is 1. The summed E-state index contributed by atoms with van der Waals surface area (Å²) < 4.78 is 5.44. The number of rotatable bonds is 4. The van der Waals surface area contributed by atoms with Crippen molar-refractivity contribution < 1.29 is 9.53 Å². The van der Waals surface area contributed by atoms with Crippen LogP contribution in [-0.2, 0) is 4.79 Å². The van der Waals surface area contributed by atoms with Crippen molar-refractivity contribution in [1.82, 2.24) is 4.98 Å². The lowest BCUT2D eigenvalue weighted by Gasteiger charge is -2.35. The minimum atomic E-state index is -0.213. The summed E-state index contributed by atoms with van der Waals surface area (Å²) in [5.41, 5.74) is 8.61. The third kappa shape index (κ3) is 3.09. The molecule has 0 unspecified atom stereocenters. The predicted octanol–water partition coefficient (Wildman–Crippen LogP) is 2.64. The number of aromatic nitrogens is 1. The van der Waals surface area contributed by atoms with Crippen LogP contribution in [0.3, 0.4) is 0 Å². The topological polar surface area (TPSA) is 68.5 Å². The molecule has 1 aromatic heterocycles. The minimum Gasteiger partial charge on any atom is -0.494 e. The zero-order valence-electron chi connectivity index (χ0n) is 13.7. The fourth-order valence-electron chi connectivity index (χ4n) is 3.59. The molecule has 1 fully saturated rings. The molecule has 5 heteroatoms. The average Bonchev–Trinajstić information content (AvgIpc) is 2.53. The molecule has 0 saturated carbocycles. The molecule has 2 N–H and O–H groups in total. The number of primary amides is 1. The Balaban J connectivity index is 2.01. The molecule has 1 saturated heterocycles. The quantitative estimate of drug-likeness (QED) is 0.942. The number of ether oxygens (including phenoxy) is 1. The van der Waals surface area contributed by atoms with Crippen LogP contribution < -0.4 is 15.4 Å². The number of fused-ring (bicyclic) bond motifs is 1. The van der Waals surface area contributed by atoms with Crippen LogP contribution in [0, 0.1) is 12.8 Å². The van der Waals surface area contributed by atoms with E-state index >= 15 is 0 Å². The summed E-state index contributed by atoms with van der Waals surface area (Å²) in [6.45, 7) is 3.94. The molecule has 0 spiro atoms. The van der Waals surface area contributed by atoms with E-state index in [9.17, 15) is 4.79 Å². The number of hydrogen-bond donors (Lipinski definition) is 1. The van der Waals surface area contributed by atoms with Crippen molar-refractivity contribution in [2.45, 2.75) is 26.2 Å². The highest BCUT2D eigenvalue weighted by molar-refractivity contribution is 5.96. The Labute approximate surface area is 136 Å². The molecule has 1 aliphatic heterocycles. The van der Waals surface area contributed by atoms with Gasteiger partial charge in [-0.25, -0.2) is 0 Å².